The van der Waals surface area contributed by atoms with Crippen LogP contribution in [0.5, 0.6) is 17.2 Å². The van der Waals surface area contributed by atoms with Crippen molar-refractivity contribution in [3.63, 3.8) is 0 Å². The molecule has 1 saturated heterocycles. The molecule has 10 nitrogen and oxygen atoms in total. The number of nitrogens with zero attached hydrogens (tertiary/aromatic N) is 7. The second-order valence-corrected chi connectivity index (χ2v) is 14.0. The number of carbonyl (C=O) groups excluding carboxylic acids is 1. The minimum Gasteiger partial charge on any atom is -0.490 e. The number of ether oxygens (including phenoxy) is 2. The Morgan fingerprint density at radius 3 is 2.64 bits per heavy atom. The first-order chi connectivity index (χ1) is 22.6. The minimum absolute atomic E-state index is 0.0355. The number of rotatable bonds is 12. The number of halogens is 1. The molecule has 11 heteroatoms. The number of amides is 1. The van der Waals surface area contributed by atoms with Gasteiger partial charge in [0, 0.05) is 61.9 Å². The monoisotopic (exact) mass is 645 g/mol. The maximum absolute atomic E-state index is 14.3. The summed E-state index contributed by atoms with van der Waals surface area (Å²) in [6, 6.07) is 6.38. The van der Waals surface area contributed by atoms with Crippen molar-refractivity contribution < 1.29 is 18.7 Å². The van der Waals surface area contributed by atoms with Crippen molar-refractivity contribution in [2.45, 2.75) is 71.1 Å². The standard InChI is InChI=1S/C36H48FN7O3/c1-7-44(24(2)3)35(45)27-17-25(37)10-11-30(27)47-32-20-38-23-40-34(32)43-21-36(22-43)18-26(19-36)46-31-12-14-39-28-13-16-42(6)29(33(28)31)9-8-15-41(4)5/h10-12,14,17,20,23-24,26,29H,7-9,13,15-16,18-19,21-22H2,1-6H3. The molecule has 4 heterocycles. The Hall–Kier alpha value is -3.83. The number of aromatic nitrogens is 3. The lowest BCUT2D eigenvalue weighted by Gasteiger charge is -2.59. The summed E-state index contributed by atoms with van der Waals surface area (Å²) in [6.07, 6.45) is 10.3. The Kier molecular flexibility index (Phi) is 9.66. The second-order valence-electron chi connectivity index (χ2n) is 14.0. The first kappa shape index (κ1) is 33.1. The van der Waals surface area contributed by atoms with E-state index in [-0.39, 0.29) is 34.8 Å². The van der Waals surface area contributed by atoms with E-state index < -0.39 is 5.82 Å². The van der Waals surface area contributed by atoms with Crippen molar-refractivity contribution in [1.82, 2.24) is 29.7 Å². The fraction of sp³-hybridized carbons (Fsp3) is 0.556. The first-order valence-electron chi connectivity index (χ1n) is 16.9. The van der Waals surface area contributed by atoms with Gasteiger partial charge in [0.15, 0.2) is 11.6 Å². The molecule has 3 aromatic rings. The lowest BCUT2D eigenvalue weighted by Crippen LogP contribution is -2.65. The van der Waals surface area contributed by atoms with Crippen molar-refractivity contribution in [2.75, 3.05) is 58.8 Å². The molecule has 2 fully saturated rings. The molecule has 6 rings (SSSR count). The molecule has 1 spiro atoms. The van der Waals surface area contributed by atoms with Crippen LogP contribution in [0.25, 0.3) is 0 Å². The molecule has 1 aromatic carbocycles. The van der Waals surface area contributed by atoms with Crippen molar-refractivity contribution >= 4 is 11.7 Å². The molecule has 1 atom stereocenters. The van der Waals surface area contributed by atoms with Gasteiger partial charge in [0.1, 0.15) is 29.7 Å². The normalized spacial score (nSPS) is 19.0. The molecule has 47 heavy (non-hydrogen) atoms. The van der Waals surface area contributed by atoms with Crippen LogP contribution in [-0.2, 0) is 6.42 Å². The van der Waals surface area contributed by atoms with Gasteiger partial charge in [-0.25, -0.2) is 14.4 Å². The van der Waals surface area contributed by atoms with Crippen LogP contribution < -0.4 is 14.4 Å². The third-order valence-electron chi connectivity index (χ3n) is 9.92. The molecular weight excluding hydrogens is 597 g/mol. The van der Waals surface area contributed by atoms with Crippen LogP contribution in [0.15, 0.2) is 43.0 Å². The Bertz CT molecular complexity index is 1570. The van der Waals surface area contributed by atoms with Crippen LogP contribution in [0.2, 0.25) is 0 Å². The lowest BCUT2D eigenvalue weighted by molar-refractivity contribution is -0.0356. The van der Waals surface area contributed by atoms with Gasteiger partial charge >= 0.3 is 0 Å². The number of hydrogen-bond donors (Lipinski definition) is 0. The molecular formula is C36H48FN7O3. The molecule has 3 aliphatic rings. The minimum atomic E-state index is -0.490. The maximum atomic E-state index is 14.3. The Labute approximate surface area is 277 Å². The van der Waals surface area contributed by atoms with Crippen LogP contribution in [0.3, 0.4) is 0 Å². The predicted octanol–water partition coefficient (Wildman–Crippen LogP) is 5.59. The number of hydrogen-bond acceptors (Lipinski definition) is 9. The fourth-order valence-corrected chi connectivity index (χ4v) is 7.51. The van der Waals surface area contributed by atoms with Gasteiger partial charge in [0.25, 0.3) is 5.91 Å². The quantitative estimate of drug-likeness (QED) is 0.250. The smallest absolute Gasteiger partial charge is 0.257 e. The average Bonchev–Trinajstić information content (AvgIpc) is 3.00. The Morgan fingerprint density at radius 2 is 1.91 bits per heavy atom. The zero-order chi connectivity index (χ0) is 33.3. The molecule has 0 radical (unpaired) electrons. The number of anilines is 1. The average molecular weight is 646 g/mol. The molecule has 1 saturated carbocycles. The van der Waals surface area contributed by atoms with E-state index in [1.165, 1.54) is 35.8 Å². The summed E-state index contributed by atoms with van der Waals surface area (Å²) in [4.78, 5) is 35.4. The number of fused-ring (bicyclic) bond motifs is 1. The van der Waals surface area contributed by atoms with Crippen LogP contribution in [0.4, 0.5) is 10.2 Å². The third kappa shape index (κ3) is 6.92. The molecule has 1 unspecified atom stereocenters. The summed E-state index contributed by atoms with van der Waals surface area (Å²) in [5.74, 6) is 1.61. The number of likely N-dealkylation sites (N-methyl/N-ethyl adjacent to an activating group) is 1. The van der Waals surface area contributed by atoms with E-state index >= 15 is 0 Å². The Balaban J connectivity index is 1.11. The highest BCUT2D eigenvalue weighted by Gasteiger charge is 2.54. The first-order valence-corrected chi connectivity index (χ1v) is 16.9. The van der Waals surface area contributed by atoms with E-state index in [1.807, 2.05) is 27.0 Å². The zero-order valence-corrected chi connectivity index (χ0v) is 28.6. The van der Waals surface area contributed by atoms with E-state index in [0.29, 0.717) is 24.2 Å². The van der Waals surface area contributed by atoms with Crippen molar-refractivity contribution in [3.8, 4) is 17.2 Å². The molecule has 0 bridgehead atoms. The number of benzene rings is 1. The van der Waals surface area contributed by atoms with Crippen LogP contribution >= 0.6 is 0 Å². The van der Waals surface area contributed by atoms with Gasteiger partial charge in [-0.05, 0) is 98.4 Å². The molecule has 1 aliphatic carbocycles. The van der Waals surface area contributed by atoms with Crippen molar-refractivity contribution in [2.24, 2.45) is 5.41 Å². The summed E-state index contributed by atoms with van der Waals surface area (Å²) in [6.45, 7) is 10.0. The fourth-order valence-electron chi connectivity index (χ4n) is 7.51. The molecule has 0 N–H and O–H groups in total. The Morgan fingerprint density at radius 1 is 1.13 bits per heavy atom. The van der Waals surface area contributed by atoms with E-state index in [0.717, 1.165) is 64.0 Å². The van der Waals surface area contributed by atoms with Gasteiger partial charge in [-0.1, -0.05) is 0 Å². The summed E-state index contributed by atoms with van der Waals surface area (Å²) >= 11 is 0. The predicted molar refractivity (Wildman–Crippen MR) is 180 cm³/mol. The van der Waals surface area contributed by atoms with E-state index in [2.05, 4.69) is 51.9 Å². The number of carbonyl (C=O) groups is 1. The van der Waals surface area contributed by atoms with E-state index in [9.17, 15) is 9.18 Å². The zero-order valence-electron chi connectivity index (χ0n) is 28.6. The van der Waals surface area contributed by atoms with Gasteiger partial charge in [-0.3, -0.25) is 14.7 Å². The molecule has 252 valence electrons. The summed E-state index contributed by atoms with van der Waals surface area (Å²) in [5.41, 5.74) is 2.79. The highest BCUT2D eigenvalue weighted by Crippen LogP contribution is 2.52. The van der Waals surface area contributed by atoms with Gasteiger partial charge < -0.3 is 24.2 Å². The highest BCUT2D eigenvalue weighted by atomic mass is 19.1. The van der Waals surface area contributed by atoms with E-state index in [4.69, 9.17) is 14.5 Å². The molecule has 2 aromatic heterocycles. The van der Waals surface area contributed by atoms with Gasteiger partial charge in [-0.15, -0.1) is 0 Å². The van der Waals surface area contributed by atoms with Gasteiger partial charge in [0.05, 0.1) is 17.5 Å². The van der Waals surface area contributed by atoms with Gasteiger partial charge in [-0.2, -0.15) is 0 Å². The summed E-state index contributed by atoms with van der Waals surface area (Å²) in [5, 5.41) is 0. The maximum Gasteiger partial charge on any atom is 0.257 e. The summed E-state index contributed by atoms with van der Waals surface area (Å²) < 4.78 is 27.3. The lowest BCUT2D eigenvalue weighted by atomic mass is 9.61. The van der Waals surface area contributed by atoms with Crippen LogP contribution in [0.1, 0.15) is 74.1 Å². The highest BCUT2D eigenvalue weighted by molar-refractivity contribution is 5.97. The van der Waals surface area contributed by atoms with Crippen molar-refractivity contribution in [3.05, 3.63) is 65.6 Å². The summed E-state index contributed by atoms with van der Waals surface area (Å²) in [7, 11) is 6.46. The van der Waals surface area contributed by atoms with Gasteiger partial charge in [0.2, 0.25) is 0 Å². The SMILES string of the molecule is CCN(C(=O)c1cc(F)ccc1Oc1cncnc1N1CC2(CC(Oc3ccnc4c3C(CCCN(C)C)N(C)CC4)C2)C1)C(C)C. The van der Waals surface area contributed by atoms with Crippen LogP contribution in [0, 0.1) is 11.2 Å². The topological polar surface area (TPSA) is 87.2 Å². The van der Waals surface area contributed by atoms with Crippen molar-refractivity contribution in [1.29, 1.82) is 0 Å². The largest absolute Gasteiger partial charge is 0.490 e. The van der Waals surface area contributed by atoms with Crippen LogP contribution in [-0.4, -0.2) is 102 Å². The van der Waals surface area contributed by atoms with E-state index in [1.54, 1.807) is 11.1 Å². The molecule has 1 amide bonds. The second kappa shape index (κ2) is 13.7. The third-order valence-corrected chi connectivity index (χ3v) is 9.92. The molecule has 2 aliphatic heterocycles. The number of pyridine rings is 1.